The van der Waals surface area contributed by atoms with Crippen molar-refractivity contribution in [3.8, 4) is 0 Å². The average molecular weight is 166 g/mol. The summed E-state index contributed by atoms with van der Waals surface area (Å²) in [6.07, 6.45) is 5.58. The number of nitrogens with one attached hydrogen (secondary N) is 1. The molecule has 0 aromatic carbocycles. The van der Waals surface area contributed by atoms with Crippen LogP contribution < -0.4 is 5.32 Å². The molecule has 0 saturated heterocycles. The van der Waals surface area contributed by atoms with Gasteiger partial charge in [0.15, 0.2) is 0 Å². The molecule has 0 aliphatic rings. The number of nitrogens with zero attached hydrogens (tertiary/aromatic N) is 1. The molecule has 0 amide bonds. The van der Waals surface area contributed by atoms with Crippen LogP contribution in [0.2, 0.25) is 0 Å². The predicted molar refractivity (Wildman–Crippen MR) is 55.8 cm³/mol. The van der Waals surface area contributed by atoms with Crippen molar-refractivity contribution >= 4 is 6.21 Å². The molecule has 0 heterocycles. The Balaban J connectivity index is 3.96. The van der Waals surface area contributed by atoms with Gasteiger partial charge in [-0.1, -0.05) is 32.6 Å². The van der Waals surface area contributed by atoms with Crippen LogP contribution in [0.4, 0.5) is 0 Å². The zero-order valence-corrected chi connectivity index (χ0v) is 8.17. The quantitative estimate of drug-likeness (QED) is 0.489. The molecular formula is C10H18N2. The van der Waals surface area contributed by atoms with E-state index in [-0.39, 0.29) is 0 Å². The summed E-state index contributed by atoms with van der Waals surface area (Å²) < 4.78 is 0. The Labute approximate surface area is 75.1 Å². The fourth-order valence-electron chi connectivity index (χ4n) is 0.787. The van der Waals surface area contributed by atoms with Crippen molar-refractivity contribution < 1.29 is 0 Å². The van der Waals surface area contributed by atoms with Gasteiger partial charge in [0.1, 0.15) is 0 Å². The molecule has 0 aromatic heterocycles. The van der Waals surface area contributed by atoms with Crippen molar-refractivity contribution in [3.05, 3.63) is 24.3 Å². The zero-order chi connectivity index (χ0) is 9.40. The van der Waals surface area contributed by atoms with Crippen LogP contribution in [0.3, 0.4) is 0 Å². The first-order valence-corrected chi connectivity index (χ1v) is 4.17. The minimum Gasteiger partial charge on any atom is -0.310 e. The van der Waals surface area contributed by atoms with Crippen LogP contribution in [-0.4, -0.2) is 25.8 Å². The van der Waals surface area contributed by atoms with Crippen LogP contribution in [-0.2, 0) is 0 Å². The van der Waals surface area contributed by atoms with Gasteiger partial charge in [-0.15, -0.1) is 0 Å². The van der Waals surface area contributed by atoms with E-state index in [1.807, 2.05) is 12.3 Å². The second kappa shape index (κ2) is 6.80. The molecule has 0 spiro atoms. The Morgan fingerprint density at radius 2 is 2.25 bits per heavy atom. The van der Waals surface area contributed by atoms with Crippen molar-refractivity contribution in [2.75, 3.05) is 13.6 Å². The molecule has 0 aliphatic heterocycles. The van der Waals surface area contributed by atoms with Crippen LogP contribution >= 0.6 is 0 Å². The largest absolute Gasteiger partial charge is 0.310 e. The van der Waals surface area contributed by atoms with E-state index in [4.69, 9.17) is 0 Å². The molecule has 0 radical (unpaired) electrons. The lowest BCUT2D eigenvalue weighted by Gasteiger charge is -2.07. The lowest BCUT2D eigenvalue weighted by Crippen LogP contribution is -2.25. The van der Waals surface area contributed by atoms with Crippen molar-refractivity contribution in [1.82, 2.24) is 5.32 Å². The van der Waals surface area contributed by atoms with Gasteiger partial charge in [-0.25, -0.2) is 0 Å². The minimum atomic E-state index is 0.503. The summed E-state index contributed by atoms with van der Waals surface area (Å²) in [5.74, 6) is 0. The monoisotopic (exact) mass is 166 g/mol. The van der Waals surface area contributed by atoms with E-state index in [0.717, 1.165) is 12.1 Å². The van der Waals surface area contributed by atoms with E-state index in [1.54, 1.807) is 13.1 Å². The molecule has 0 atom stereocenters. The molecule has 68 valence electrons. The number of rotatable bonds is 5. The lowest BCUT2D eigenvalue weighted by molar-refractivity contribution is 0.628. The van der Waals surface area contributed by atoms with Crippen LogP contribution in [0, 0.1) is 0 Å². The summed E-state index contributed by atoms with van der Waals surface area (Å²) in [6, 6.07) is 0.503. The third-order valence-electron chi connectivity index (χ3n) is 1.34. The molecular weight excluding hydrogens is 148 g/mol. The van der Waals surface area contributed by atoms with Gasteiger partial charge in [0.05, 0.1) is 0 Å². The summed E-state index contributed by atoms with van der Waals surface area (Å²) in [5, 5.41) is 3.31. The van der Waals surface area contributed by atoms with E-state index in [0.29, 0.717) is 6.04 Å². The third-order valence-corrected chi connectivity index (χ3v) is 1.34. The molecule has 2 heteroatoms. The van der Waals surface area contributed by atoms with Gasteiger partial charge in [0.25, 0.3) is 0 Å². The second-order valence-corrected chi connectivity index (χ2v) is 2.90. The number of aliphatic imine (C=N–C) groups is 1. The van der Waals surface area contributed by atoms with Crippen molar-refractivity contribution in [3.63, 3.8) is 0 Å². The van der Waals surface area contributed by atoms with E-state index in [1.165, 1.54) is 0 Å². The average Bonchev–Trinajstić information content (AvgIpc) is 2.01. The second-order valence-electron chi connectivity index (χ2n) is 2.90. The highest BCUT2D eigenvalue weighted by Gasteiger charge is 1.93. The Morgan fingerprint density at radius 3 is 2.67 bits per heavy atom. The Hall–Kier alpha value is -0.890. The first-order chi connectivity index (χ1) is 5.70. The first-order valence-electron chi connectivity index (χ1n) is 4.17. The minimum absolute atomic E-state index is 0.503. The lowest BCUT2D eigenvalue weighted by atomic mass is 10.2. The summed E-state index contributed by atoms with van der Waals surface area (Å²) in [6.45, 7) is 8.73. The van der Waals surface area contributed by atoms with Gasteiger partial charge in [-0.3, -0.25) is 4.99 Å². The van der Waals surface area contributed by atoms with Crippen LogP contribution in [0.5, 0.6) is 0 Å². The number of hydrogen-bond donors (Lipinski definition) is 1. The van der Waals surface area contributed by atoms with Gasteiger partial charge >= 0.3 is 0 Å². The van der Waals surface area contributed by atoms with Crippen molar-refractivity contribution in [2.45, 2.75) is 19.9 Å². The van der Waals surface area contributed by atoms with Gasteiger partial charge < -0.3 is 5.32 Å². The molecule has 0 aromatic rings. The van der Waals surface area contributed by atoms with Crippen LogP contribution in [0.1, 0.15) is 13.8 Å². The van der Waals surface area contributed by atoms with Crippen molar-refractivity contribution in [2.24, 2.45) is 4.99 Å². The highest BCUT2D eigenvalue weighted by molar-refractivity contribution is 5.79. The normalized spacial score (nSPS) is 12.8. The standard InChI is InChI=1S/C10H18N2/c1-5-6-10(7-11-4)8-12-9(2)3/h5-7,9,12H,1,8H2,2-4H3/b10-6+,11-7-. The van der Waals surface area contributed by atoms with Crippen LogP contribution in [0.15, 0.2) is 29.3 Å². The smallest absolute Gasteiger partial charge is 0.0277 e. The molecule has 0 fully saturated rings. The Kier molecular flexibility index (Phi) is 6.29. The number of hydrogen-bond acceptors (Lipinski definition) is 2. The molecule has 2 nitrogen and oxygen atoms in total. The highest BCUT2D eigenvalue weighted by Crippen LogP contribution is 1.90. The maximum absolute atomic E-state index is 3.95. The number of allylic oxidation sites excluding steroid dienone is 2. The van der Waals surface area contributed by atoms with E-state index < -0.39 is 0 Å². The summed E-state index contributed by atoms with van der Waals surface area (Å²) in [4.78, 5) is 3.95. The fraction of sp³-hybridized carbons (Fsp3) is 0.500. The van der Waals surface area contributed by atoms with E-state index >= 15 is 0 Å². The maximum Gasteiger partial charge on any atom is 0.0277 e. The predicted octanol–water partition coefficient (Wildman–Crippen LogP) is 1.80. The van der Waals surface area contributed by atoms with Gasteiger partial charge in [0, 0.05) is 25.8 Å². The SMILES string of the molecule is C=C/C=C(\C=N/C)CNC(C)C. The molecule has 0 aliphatic carbocycles. The summed E-state index contributed by atoms with van der Waals surface area (Å²) >= 11 is 0. The molecule has 1 N–H and O–H groups in total. The zero-order valence-electron chi connectivity index (χ0n) is 8.17. The molecule has 0 bridgehead atoms. The summed E-state index contributed by atoms with van der Waals surface area (Å²) in [5.41, 5.74) is 1.15. The fourth-order valence-corrected chi connectivity index (χ4v) is 0.787. The Morgan fingerprint density at radius 1 is 1.58 bits per heavy atom. The van der Waals surface area contributed by atoms with Gasteiger partial charge in [-0.05, 0) is 5.57 Å². The van der Waals surface area contributed by atoms with E-state index in [2.05, 4.69) is 30.7 Å². The van der Waals surface area contributed by atoms with Gasteiger partial charge in [0.2, 0.25) is 0 Å². The van der Waals surface area contributed by atoms with Gasteiger partial charge in [-0.2, -0.15) is 0 Å². The third kappa shape index (κ3) is 5.86. The van der Waals surface area contributed by atoms with Crippen LogP contribution in [0.25, 0.3) is 0 Å². The topological polar surface area (TPSA) is 24.4 Å². The van der Waals surface area contributed by atoms with Crippen molar-refractivity contribution in [1.29, 1.82) is 0 Å². The molecule has 12 heavy (non-hydrogen) atoms. The molecule has 0 rings (SSSR count). The highest BCUT2D eigenvalue weighted by atomic mass is 14.9. The molecule has 0 saturated carbocycles. The first kappa shape index (κ1) is 11.1. The Bertz CT molecular complexity index is 178. The summed E-state index contributed by atoms with van der Waals surface area (Å²) in [7, 11) is 1.77. The molecule has 0 unspecified atom stereocenters. The van der Waals surface area contributed by atoms with E-state index in [9.17, 15) is 0 Å². The maximum atomic E-state index is 3.95.